The number of carbonyl (C=O) groups is 1. The number of nitriles is 1. The Morgan fingerprint density at radius 3 is 2.71 bits per heavy atom. The van der Waals surface area contributed by atoms with Gasteiger partial charge in [-0.15, -0.1) is 0 Å². The molecule has 4 nitrogen and oxygen atoms in total. The number of hydrogen-bond acceptors (Lipinski definition) is 3. The minimum absolute atomic E-state index is 0.0259. The second-order valence-electron chi connectivity index (χ2n) is 3.15. The van der Waals surface area contributed by atoms with Crippen molar-refractivity contribution in [2.24, 2.45) is 0 Å². The van der Waals surface area contributed by atoms with E-state index in [9.17, 15) is 4.79 Å². The third-order valence-corrected chi connectivity index (χ3v) is 2.16. The minimum Gasteiger partial charge on any atom is -0.382 e. The summed E-state index contributed by atoms with van der Waals surface area (Å²) in [5, 5.41) is 8.47. The molecule has 0 spiro atoms. The Morgan fingerprint density at radius 2 is 2.29 bits per heavy atom. The van der Waals surface area contributed by atoms with Crippen molar-refractivity contribution in [3.63, 3.8) is 0 Å². The van der Waals surface area contributed by atoms with Crippen molar-refractivity contribution in [3.8, 4) is 6.07 Å². The van der Waals surface area contributed by atoms with Gasteiger partial charge in [0, 0.05) is 20.1 Å². The molecule has 0 saturated carbocycles. The van der Waals surface area contributed by atoms with Gasteiger partial charge in [0.2, 0.25) is 5.91 Å². The van der Waals surface area contributed by atoms with Crippen molar-refractivity contribution in [1.82, 2.24) is 4.90 Å². The molecule has 1 amide bonds. The van der Waals surface area contributed by atoms with Gasteiger partial charge in [-0.2, -0.15) is 5.26 Å². The average molecular weight is 198 g/mol. The van der Waals surface area contributed by atoms with Gasteiger partial charge in [0.15, 0.2) is 0 Å². The van der Waals surface area contributed by atoms with E-state index in [0.29, 0.717) is 19.4 Å². The van der Waals surface area contributed by atoms with Gasteiger partial charge >= 0.3 is 0 Å². The highest BCUT2D eigenvalue weighted by Gasteiger charge is 2.12. The zero-order valence-electron chi connectivity index (χ0n) is 9.12. The minimum atomic E-state index is 0.0259. The van der Waals surface area contributed by atoms with Crippen LogP contribution < -0.4 is 0 Å². The van der Waals surface area contributed by atoms with Gasteiger partial charge in [0.25, 0.3) is 0 Å². The number of nitrogens with zero attached hydrogens (tertiary/aromatic N) is 2. The number of rotatable bonds is 6. The van der Waals surface area contributed by atoms with Crippen LogP contribution in [0.1, 0.15) is 26.7 Å². The molecule has 0 aromatic carbocycles. The summed E-state index contributed by atoms with van der Waals surface area (Å²) < 4.78 is 5.04. The molecule has 0 radical (unpaired) electrons. The second kappa shape index (κ2) is 7.34. The number of hydrogen-bond donors (Lipinski definition) is 0. The third-order valence-electron chi connectivity index (χ3n) is 2.16. The largest absolute Gasteiger partial charge is 0.382 e. The van der Waals surface area contributed by atoms with Crippen LogP contribution in [0.15, 0.2) is 0 Å². The lowest BCUT2D eigenvalue weighted by Crippen LogP contribution is -2.31. The van der Waals surface area contributed by atoms with E-state index in [-0.39, 0.29) is 18.6 Å². The monoisotopic (exact) mass is 198 g/mol. The molecule has 0 saturated heterocycles. The van der Waals surface area contributed by atoms with Crippen molar-refractivity contribution < 1.29 is 9.53 Å². The molecule has 80 valence electrons. The maximum absolute atomic E-state index is 11.5. The Balaban J connectivity index is 3.87. The Bertz CT molecular complexity index is 211. The van der Waals surface area contributed by atoms with Crippen molar-refractivity contribution in [3.05, 3.63) is 0 Å². The Kier molecular flexibility index (Phi) is 6.77. The summed E-state index contributed by atoms with van der Waals surface area (Å²) in [7, 11) is 1.63. The summed E-state index contributed by atoms with van der Waals surface area (Å²) in [4.78, 5) is 13.0. The predicted octanol–water partition coefficient (Wildman–Crippen LogP) is 1.17. The molecule has 1 atom stereocenters. The maximum atomic E-state index is 11.5. The van der Waals surface area contributed by atoms with Crippen molar-refractivity contribution in [2.45, 2.75) is 32.8 Å². The van der Waals surface area contributed by atoms with E-state index >= 15 is 0 Å². The van der Waals surface area contributed by atoms with Crippen LogP contribution in [-0.4, -0.2) is 37.1 Å². The van der Waals surface area contributed by atoms with Gasteiger partial charge in [0.05, 0.1) is 12.2 Å². The lowest BCUT2D eigenvalue weighted by molar-refractivity contribution is -0.131. The zero-order chi connectivity index (χ0) is 11.0. The quantitative estimate of drug-likeness (QED) is 0.602. The first-order valence-corrected chi connectivity index (χ1v) is 4.83. The van der Waals surface area contributed by atoms with Crippen LogP contribution in [0, 0.1) is 11.3 Å². The topological polar surface area (TPSA) is 53.3 Å². The van der Waals surface area contributed by atoms with Crippen molar-refractivity contribution in [1.29, 1.82) is 5.26 Å². The Morgan fingerprint density at radius 1 is 1.64 bits per heavy atom. The van der Waals surface area contributed by atoms with Gasteiger partial charge < -0.3 is 9.64 Å². The number of carbonyl (C=O) groups excluding carboxylic acids is 1. The molecule has 0 rings (SSSR count). The first-order chi connectivity index (χ1) is 6.65. The highest BCUT2D eigenvalue weighted by molar-refractivity contribution is 5.76. The molecule has 0 aromatic rings. The molecule has 1 unspecified atom stereocenters. The van der Waals surface area contributed by atoms with E-state index < -0.39 is 0 Å². The summed E-state index contributed by atoms with van der Waals surface area (Å²) in [5.41, 5.74) is 0. The highest BCUT2D eigenvalue weighted by atomic mass is 16.5. The van der Waals surface area contributed by atoms with E-state index in [4.69, 9.17) is 10.00 Å². The molecule has 0 aromatic heterocycles. The molecule has 0 aliphatic rings. The first kappa shape index (κ1) is 12.9. The molecule has 0 aliphatic heterocycles. The van der Waals surface area contributed by atoms with Crippen LogP contribution >= 0.6 is 0 Å². The summed E-state index contributed by atoms with van der Waals surface area (Å²) in [6, 6.07) is 1.98. The standard InChI is InChI=1S/C10H18N2O2/c1-4-12(8-7-11)10(13)6-5-9(2)14-3/h9H,4-6,8H2,1-3H3. The van der Waals surface area contributed by atoms with Gasteiger partial charge in [-0.3, -0.25) is 4.79 Å². The molecule has 4 heteroatoms. The fourth-order valence-corrected chi connectivity index (χ4v) is 1.06. The van der Waals surface area contributed by atoms with E-state index in [1.807, 2.05) is 19.9 Å². The van der Waals surface area contributed by atoms with E-state index in [0.717, 1.165) is 0 Å². The number of ether oxygens (including phenoxy) is 1. The van der Waals surface area contributed by atoms with Crippen LogP contribution in [0.3, 0.4) is 0 Å². The zero-order valence-corrected chi connectivity index (χ0v) is 9.12. The van der Waals surface area contributed by atoms with Crippen molar-refractivity contribution in [2.75, 3.05) is 20.2 Å². The average Bonchev–Trinajstić information content (AvgIpc) is 2.21. The van der Waals surface area contributed by atoms with Gasteiger partial charge in [0.1, 0.15) is 6.54 Å². The van der Waals surface area contributed by atoms with Crippen LogP contribution in [-0.2, 0) is 9.53 Å². The van der Waals surface area contributed by atoms with E-state index in [2.05, 4.69) is 0 Å². The molecule has 0 fully saturated rings. The van der Waals surface area contributed by atoms with Gasteiger partial charge in [-0.25, -0.2) is 0 Å². The third kappa shape index (κ3) is 4.83. The number of methoxy groups -OCH3 is 1. The molecular weight excluding hydrogens is 180 g/mol. The Labute approximate surface area is 85.5 Å². The van der Waals surface area contributed by atoms with Gasteiger partial charge in [-0.1, -0.05) is 0 Å². The molecule has 0 aliphatic carbocycles. The maximum Gasteiger partial charge on any atom is 0.223 e. The fraction of sp³-hybridized carbons (Fsp3) is 0.800. The predicted molar refractivity (Wildman–Crippen MR) is 53.6 cm³/mol. The lowest BCUT2D eigenvalue weighted by atomic mass is 10.2. The molecular formula is C10H18N2O2. The molecule has 0 heterocycles. The van der Waals surface area contributed by atoms with Gasteiger partial charge in [-0.05, 0) is 20.3 Å². The molecule has 0 N–H and O–H groups in total. The second-order valence-corrected chi connectivity index (χ2v) is 3.15. The molecule has 14 heavy (non-hydrogen) atoms. The summed E-state index contributed by atoms with van der Waals surface area (Å²) in [6.07, 6.45) is 1.25. The highest BCUT2D eigenvalue weighted by Crippen LogP contribution is 2.03. The van der Waals surface area contributed by atoms with Crippen LogP contribution in [0.2, 0.25) is 0 Å². The van der Waals surface area contributed by atoms with E-state index in [1.165, 1.54) is 0 Å². The first-order valence-electron chi connectivity index (χ1n) is 4.83. The SMILES string of the molecule is CCN(CC#N)C(=O)CCC(C)OC. The van der Waals surface area contributed by atoms with Crippen LogP contribution in [0.4, 0.5) is 0 Å². The fourth-order valence-electron chi connectivity index (χ4n) is 1.06. The summed E-state index contributed by atoms with van der Waals surface area (Å²) in [5.74, 6) is 0.0259. The lowest BCUT2D eigenvalue weighted by Gasteiger charge is -2.18. The normalized spacial score (nSPS) is 11.9. The van der Waals surface area contributed by atoms with Crippen LogP contribution in [0.5, 0.6) is 0 Å². The number of amides is 1. The van der Waals surface area contributed by atoms with Crippen molar-refractivity contribution >= 4 is 5.91 Å². The Hall–Kier alpha value is -1.08. The van der Waals surface area contributed by atoms with E-state index in [1.54, 1.807) is 12.0 Å². The molecule has 0 bridgehead atoms. The summed E-state index contributed by atoms with van der Waals surface area (Å²) in [6.45, 7) is 4.56. The van der Waals surface area contributed by atoms with Crippen LogP contribution in [0.25, 0.3) is 0 Å². The summed E-state index contributed by atoms with van der Waals surface area (Å²) >= 11 is 0. The smallest absolute Gasteiger partial charge is 0.223 e.